The van der Waals surface area contributed by atoms with Gasteiger partial charge in [-0.2, -0.15) is 0 Å². The molecule has 0 aliphatic heterocycles. The number of aromatic nitrogens is 2. The fourth-order valence-electron chi connectivity index (χ4n) is 3.02. The molecule has 7 nitrogen and oxygen atoms in total. The summed E-state index contributed by atoms with van der Waals surface area (Å²) < 4.78 is 33.8. The van der Waals surface area contributed by atoms with E-state index in [0.29, 0.717) is 22.5 Å². The number of nitrogens with zero attached hydrogens (tertiary/aromatic N) is 2. The summed E-state index contributed by atoms with van der Waals surface area (Å²) >= 11 is 0. The highest BCUT2D eigenvalue weighted by Crippen LogP contribution is 2.28. The molecule has 1 radical (unpaired) electrons. The predicted molar refractivity (Wildman–Crippen MR) is 124 cm³/mol. The Hall–Kier alpha value is -3.59. The zero-order chi connectivity index (χ0) is 21.8. The first kappa shape index (κ1) is 20.7. The molecule has 0 aliphatic rings. The van der Waals surface area contributed by atoms with Gasteiger partial charge in [0.1, 0.15) is 13.0 Å². The van der Waals surface area contributed by atoms with E-state index in [1.54, 1.807) is 43.5 Å². The second-order valence-corrected chi connectivity index (χ2v) is 8.41. The molecule has 0 saturated carbocycles. The van der Waals surface area contributed by atoms with Crippen molar-refractivity contribution >= 4 is 51.1 Å². The fourth-order valence-corrected chi connectivity index (χ4v) is 4.03. The summed E-state index contributed by atoms with van der Waals surface area (Å²) in [5, 5.41) is 3.15. The van der Waals surface area contributed by atoms with Crippen molar-refractivity contribution in [3.05, 3.63) is 72.8 Å². The van der Waals surface area contributed by atoms with Crippen LogP contribution < -0.4 is 20.2 Å². The Morgan fingerprint density at radius 3 is 2.19 bits per heavy atom. The van der Waals surface area contributed by atoms with Gasteiger partial charge >= 0.3 is 0 Å². The maximum atomic E-state index is 13.0. The van der Waals surface area contributed by atoms with E-state index in [9.17, 15) is 8.42 Å². The molecule has 0 atom stereocenters. The Balaban J connectivity index is 1.75. The van der Waals surface area contributed by atoms with Crippen LogP contribution in [0, 0.1) is 0 Å². The average molecular weight is 431 g/mol. The molecule has 9 heteroatoms. The first-order valence-electron chi connectivity index (χ1n) is 9.58. The minimum absolute atomic E-state index is 0.104. The zero-order valence-corrected chi connectivity index (χ0v) is 17.8. The summed E-state index contributed by atoms with van der Waals surface area (Å²) in [4.78, 5) is 9.23. The lowest BCUT2D eigenvalue weighted by Gasteiger charge is -2.14. The molecule has 0 saturated heterocycles. The van der Waals surface area contributed by atoms with Crippen LogP contribution in [0.4, 0.5) is 17.3 Å². The lowest BCUT2D eigenvalue weighted by Crippen LogP contribution is -2.17. The van der Waals surface area contributed by atoms with Gasteiger partial charge in [-0.25, -0.2) is 18.4 Å². The van der Waals surface area contributed by atoms with Gasteiger partial charge in [0, 0.05) is 11.8 Å². The van der Waals surface area contributed by atoms with Crippen molar-refractivity contribution in [2.24, 2.45) is 0 Å². The molecule has 31 heavy (non-hydrogen) atoms. The first-order valence-corrected chi connectivity index (χ1v) is 11.1. The number of para-hydroxylation sites is 2. The Morgan fingerprint density at radius 2 is 1.55 bits per heavy atom. The minimum atomic E-state index is -3.87. The summed E-state index contributed by atoms with van der Waals surface area (Å²) in [6.45, 7) is 1.89. The molecule has 2 N–H and O–H groups in total. The van der Waals surface area contributed by atoms with Crippen molar-refractivity contribution < 1.29 is 13.2 Å². The van der Waals surface area contributed by atoms with Gasteiger partial charge in [0.05, 0.1) is 23.0 Å². The highest BCUT2D eigenvalue weighted by atomic mass is 32.2. The van der Waals surface area contributed by atoms with Crippen LogP contribution in [0.25, 0.3) is 11.0 Å². The molecule has 1 heterocycles. The van der Waals surface area contributed by atoms with Gasteiger partial charge in [-0.3, -0.25) is 4.72 Å². The Morgan fingerprint density at radius 1 is 0.871 bits per heavy atom. The smallest absolute Gasteiger partial charge is 0.263 e. The van der Waals surface area contributed by atoms with Gasteiger partial charge in [-0.05, 0) is 36.4 Å². The monoisotopic (exact) mass is 431 g/mol. The number of ether oxygens (including phenoxy) is 1. The number of sulfonamides is 1. The molecular weight excluding hydrogens is 411 g/mol. The molecule has 0 unspecified atom stereocenters. The number of hydrogen-bond donors (Lipinski definition) is 2. The van der Waals surface area contributed by atoms with Crippen LogP contribution in [0.15, 0.2) is 77.7 Å². The molecule has 4 aromatic rings. The SMILES string of the molecule is C[B]c1ccc(S(=O)(=O)Nc2nc3ccccc3nc2Nc2cccc(OC)c2)cc1. The van der Waals surface area contributed by atoms with E-state index in [-0.39, 0.29) is 16.5 Å². The lowest BCUT2D eigenvalue weighted by molar-refractivity contribution is 0.415. The summed E-state index contributed by atoms with van der Waals surface area (Å²) in [6, 6.07) is 21.1. The summed E-state index contributed by atoms with van der Waals surface area (Å²) in [5.74, 6) is 1.05. The van der Waals surface area contributed by atoms with E-state index >= 15 is 0 Å². The lowest BCUT2D eigenvalue weighted by atomic mass is 9.74. The molecule has 0 amide bonds. The van der Waals surface area contributed by atoms with E-state index in [2.05, 4.69) is 20.0 Å². The van der Waals surface area contributed by atoms with E-state index < -0.39 is 10.0 Å². The van der Waals surface area contributed by atoms with Gasteiger partial charge in [-0.1, -0.05) is 42.6 Å². The number of benzene rings is 3. The normalized spacial score (nSPS) is 11.2. The summed E-state index contributed by atoms with van der Waals surface area (Å²) in [5.41, 5.74) is 2.84. The molecule has 4 rings (SSSR count). The number of nitrogens with one attached hydrogen (secondary N) is 2. The standard InChI is InChI=1S/C22H20BN4O3S/c1-23-15-10-12-18(13-11-15)31(28,29)27-22-21(24-16-6-5-7-17(14-16)30-2)25-19-8-3-4-9-20(19)26-22/h3-14H,1-2H3,(H,24,25)(H,26,27). The van der Waals surface area contributed by atoms with Crippen molar-refractivity contribution in [1.82, 2.24) is 9.97 Å². The van der Waals surface area contributed by atoms with Gasteiger partial charge in [-0.15, -0.1) is 0 Å². The number of rotatable bonds is 7. The van der Waals surface area contributed by atoms with Crippen LogP contribution in [0.3, 0.4) is 0 Å². The average Bonchev–Trinajstić information content (AvgIpc) is 2.79. The van der Waals surface area contributed by atoms with Crippen molar-refractivity contribution in [3.8, 4) is 5.75 Å². The number of anilines is 3. The van der Waals surface area contributed by atoms with E-state index in [0.717, 1.165) is 5.46 Å². The second-order valence-electron chi connectivity index (χ2n) is 6.73. The molecule has 0 spiro atoms. The summed E-state index contributed by atoms with van der Waals surface area (Å²) in [7, 11) is -0.389. The van der Waals surface area contributed by atoms with Crippen LogP contribution in [0.5, 0.6) is 5.75 Å². The molecule has 1 aromatic heterocycles. The number of methoxy groups -OCH3 is 1. The van der Waals surface area contributed by atoms with Gasteiger partial charge in [0.15, 0.2) is 11.6 Å². The third kappa shape index (κ3) is 4.61. The first-order chi connectivity index (χ1) is 15.0. The predicted octanol–water partition coefficient (Wildman–Crippen LogP) is 3.56. The Kier molecular flexibility index (Phi) is 5.77. The largest absolute Gasteiger partial charge is 0.497 e. The molecule has 0 fully saturated rings. The van der Waals surface area contributed by atoms with Crippen molar-refractivity contribution in [2.45, 2.75) is 11.7 Å². The fraction of sp³-hybridized carbons (Fsp3) is 0.0909. The molecule has 0 bridgehead atoms. The Bertz CT molecular complexity index is 1330. The van der Waals surface area contributed by atoms with Gasteiger partial charge < -0.3 is 10.1 Å². The Labute approximate surface area is 181 Å². The maximum absolute atomic E-state index is 13.0. The number of hydrogen-bond acceptors (Lipinski definition) is 6. The van der Waals surface area contributed by atoms with Gasteiger partial charge in [0.2, 0.25) is 0 Å². The highest BCUT2D eigenvalue weighted by Gasteiger charge is 2.19. The van der Waals surface area contributed by atoms with Crippen molar-refractivity contribution in [1.29, 1.82) is 0 Å². The van der Waals surface area contributed by atoms with Crippen LogP contribution >= 0.6 is 0 Å². The van der Waals surface area contributed by atoms with Crippen LogP contribution in [0.2, 0.25) is 6.82 Å². The molecule has 3 aromatic carbocycles. The van der Waals surface area contributed by atoms with Gasteiger partial charge in [0.25, 0.3) is 10.0 Å². The topological polar surface area (TPSA) is 93.2 Å². The number of fused-ring (bicyclic) bond motifs is 1. The van der Waals surface area contributed by atoms with Crippen LogP contribution in [-0.4, -0.2) is 32.8 Å². The van der Waals surface area contributed by atoms with Crippen LogP contribution in [-0.2, 0) is 10.0 Å². The maximum Gasteiger partial charge on any atom is 0.263 e. The minimum Gasteiger partial charge on any atom is -0.497 e. The molecule has 155 valence electrons. The molecular formula is C22H20BN4O3S. The molecule has 0 aliphatic carbocycles. The summed E-state index contributed by atoms with van der Waals surface area (Å²) in [6.07, 6.45) is 0. The third-order valence-corrected chi connectivity index (χ3v) is 6.01. The zero-order valence-electron chi connectivity index (χ0n) is 17.0. The van der Waals surface area contributed by atoms with E-state index in [1.807, 2.05) is 50.5 Å². The van der Waals surface area contributed by atoms with Crippen molar-refractivity contribution in [2.75, 3.05) is 17.1 Å². The van der Waals surface area contributed by atoms with E-state index in [4.69, 9.17) is 4.74 Å². The third-order valence-electron chi connectivity index (χ3n) is 4.66. The quantitative estimate of drug-likeness (QED) is 0.435. The highest BCUT2D eigenvalue weighted by molar-refractivity contribution is 7.92. The second kappa shape index (κ2) is 8.65. The van der Waals surface area contributed by atoms with E-state index in [1.165, 1.54) is 0 Å². The van der Waals surface area contributed by atoms with Crippen LogP contribution in [0.1, 0.15) is 0 Å². The van der Waals surface area contributed by atoms with Crippen molar-refractivity contribution in [3.63, 3.8) is 0 Å².